The minimum Gasteiger partial charge on any atom is -0.342 e. The number of carbonyl (C=O) groups is 1. The van der Waals surface area contributed by atoms with Crippen molar-refractivity contribution in [1.29, 1.82) is 0 Å². The van der Waals surface area contributed by atoms with E-state index in [4.69, 9.17) is 11.6 Å². The Morgan fingerprint density at radius 1 is 1.32 bits per heavy atom. The highest BCUT2D eigenvalue weighted by molar-refractivity contribution is 6.30. The summed E-state index contributed by atoms with van der Waals surface area (Å²) in [4.78, 5) is 14.7. The van der Waals surface area contributed by atoms with E-state index in [0.29, 0.717) is 11.1 Å². The van der Waals surface area contributed by atoms with Crippen molar-refractivity contribution >= 4 is 17.5 Å². The standard InChI is InChI=1S/C18H25ClN2O/c1-13(15-3-2-4-16(19)11-15)18(22)21-9-7-17(8-10-21)20-12-14-5-6-14/h2-4,11,13-14,17,20H,5-10,12H2,1H3. The topological polar surface area (TPSA) is 32.3 Å². The first kappa shape index (κ1) is 15.8. The number of nitrogens with one attached hydrogen (secondary N) is 1. The van der Waals surface area contributed by atoms with Gasteiger partial charge in [-0.3, -0.25) is 4.79 Å². The molecule has 1 aliphatic heterocycles. The van der Waals surface area contributed by atoms with Gasteiger partial charge in [-0.1, -0.05) is 23.7 Å². The molecule has 1 unspecified atom stereocenters. The minimum atomic E-state index is -0.116. The number of hydrogen-bond donors (Lipinski definition) is 1. The molecule has 2 aliphatic rings. The molecule has 3 rings (SSSR count). The largest absolute Gasteiger partial charge is 0.342 e. The highest BCUT2D eigenvalue weighted by atomic mass is 35.5. The van der Waals surface area contributed by atoms with Gasteiger partial charge in [-0.05, 0) is 62.8 Å². The number of hydrogen-bond acceptors (Lipinski definition) is 2. The smallest absolute Gasteiger partial charge is 0.229 e. The zero-order valence-electron chi connectivity index (χ0n) is 13.2. The van der Waals surface area contributed by atoms with Crippen LogP contribution >= 0.6 is 11.6 Å². The lowest BCUT2D eigenvalue weighted by Gasteiger charge is -2.34. The van der Waals surface area contributed by atoms with Crippen molar-refractivity contribution < 1.29 is 4.79 Å². The average molecular weight is 321 g/mol. The van der Waals surface area contributed by atoms with Crippen LogP contribution in [0.2, 0.25) is 5.02 Å². The summed E-state index contributed by atoms with van der Waals surface area (Å²) in [6, 6.07) is 8.23. The number of likely N-dealkylation sites (tertiary alicyclic amines) is 1. The van der Waals surface area contributed by atoms with Crippen LogP contribution in [0.3, 0.4) is 0 Å². The highest BCUT2D eigenvalue weighted by Gasteiger charge is 2.28. The summed E-state index contributed by atoms with van der Waals surface area (Å²) in [6.45, 7) is 4.88. The fraction of sp³-hybridized carbons (Fsp3) is 0.611. The lowest BCUT2D eigenvalue weighted by atomic mass is 9.97. The molecule has 2 fully saturated rings. The Kier molecular flexibility index (Phi) is 5.04. The quantitative estimate of drug-likeness (QED) is 0.901. The van der Waals surface area contributed by atoms with E-state index in [9.17, 15) is 4.79 Å². The summed E-state index contributed by atoms with van der Waals surface area (Å²) < 4.78 is 0. The van der Waals surface area contributed by atoms with Crippen molar-refractivity contribution in [3.63, 3.8) is 0 Å². The van der Waals surface area contributed by atoms with Crippen LogP contribution < -0.4 is 5.32 Å². The van der Waals surface area contributed by atoms with Crippen molar-refractivity contribution in [2.24, 2.45) is 5.92 Å². The predicted molar refractivity (Wildman–Crippen MR) is 90.2 cm³/mol. The summed E-state index contributed by atoms with van der Waals surface area (Å²) >= 11 is 6.03. The lowest BCUT2D eigenvalue weighted by Crippen LogP contribution is -2.46. The van der Waals surface area contributed by atoms with E-state index in [1.165, 1.54) is 12.8 Å². The van der Waals surface area contributed by atoms with Crippen LogP contribution in [0.4, 0.5) is 0 Å². The molecule has 22 heavy (non-hydrogen) atoms. The monoisotopic (exact) mass is 320 g/mol. The lowest BCUT2D eigenvalue weighted by molar-refractivity contribution is -0.133. The fourth-order valence-corrected chi connectivity index (χ4v) is 3.35. The second kappa shape index (κ2) is 7.01. The van der Waals surface area contributed by atoms with Crippen LogP contribution in [0.5, 0.6) is 0 Å². The number of benzene rings is 1. The summed E-state index contributed by atoms with van der Waals surface area (Å²) in [5, 5.41) is 4.35. The zero-order valence-corrected chi connectivity index (χ0v) is 14.0. The molecule has 1 atom stereocenters. The molecule has 1 N–H and O–H groups in total. The summed E-state index contributed by atoms with van der Waals surface area (Å²) in [6.07, 6.45) is 4.92. The van der Waals surface area contributed by atoms with E-state index < -0.39 is 0 Å². The Hall–Kier alpha value is -1.06. The fourth-order valence-electron chi connectivity index (χ4n) is 3.15. The normalized spacial score (nSPS) is 20.9. The van der Waals surface area contributed by atoms with Crippen LogP contribution in [0.25, 0.3) is 0 Å². The first-order chi connectivity index (χ1) is 10.6. The number of rotatable bonds is 5. The molecule has 120 valence electrons. The van der Waals surface area contributed by atoms with Crippen LogP contribution in [-0.2, 0) is 4.79 Å². The highest BCUT2D eigenvalue weighted by Crippen LogP contribution is 2.28. The van der Waals surface area contributed by atoms with E-state index in [-0.39, 0.29) is 11.8 Å². The number of carbonyl (C=O) groups excluding carboxylic acids is 1. The van der Waals surface area contributed by atoms with Gasteiger partial charge in [0.1, 0.15) is 0 Å². The maximum Gasteiger partial charge on any atom is 0.229 e. The van der Waals surface area contributed by atoms with Gasteiger partial charge in [-0.2, -0.15) is 0 Å². The second-order valence-corrected chi connectivity index (χ2v) is 7.16. The Morgan fingerprint density at radius 3 is 2.68 bits per heavy atom. The molecule has 1 saturated carbocycles. The third-order valence-corrected chi connectivity index (χ3v) is 5.15. The van der Waals surface area contributed by atoms with E-state index in [2.05, 4.69) is 5.32 Å². The van der Waals surface area contributed by atoms with Gasteiger partial charge in [-0.25, -0.2) is 0 Å². The molecule has 3 nitrogen and oxygen atoms in total. The first-order valence-electron chi connectivity index (χ1n) is 8.41. The Bertz CT molecular complexity index is 522. The SMILES string of the molecule is CC(C(=O)N1CCC(NCC2CC2)CC1)c1cccc(Cl)c1. The molecule has 1 heterocycles. The number of amides is 1. The number of piperidine rings is 1. The third kappa shape index (κ3) is 4.02. The minimum absolute atomic E-state index is 0.116. The van der Waals surface area contributed by atoms with Gasteiger partial charge in [0.05, 0.1) is 5.92 Å². The molecule has 1 saturated heterocycles. The molecule has 1 amide bonds. The van der Waals surface area contributed by atoms with Crippen LogP contribution in [0.1, 0.15) is 44.1 Å². The van der Waals surface area contributed by atoms with Crippen molar-refractivity contribution in [3.8, 4) is 0 Å². The third-order valence-electron chi connectivity index (χ3n) is 4.92. The first-order valence-corrected chi connectivity index (χ1v) is 8.79. The summed E-state index contributed by atoms with van der Waals surface area (Å²) in [5.41, 5.74) is 1.01. The van der Waals surface area contributed by atoms with Crippen molar-refractivity contribution in [2.75, 3.05) is 19.6 Å². The van der Waals surface area contributed by atoms with Gasteiger partial charge >= 0.3 is 0 Å². The maximum absolute atomic E-state index is 12.7. The molecule has 0 spiro atoms. The van der Waals surface area contributed by atoms with Crippen molar-refractivity contribution in [3.05, 3.63) is 34.9 Å². The molecular weight excluding hydrogens is 296 g/mol. The Labute approximate surface area is 138 Å². The molecule has 0 aromatic heterocycles. The number of nitrogens with zero attached hydrogens (tertiary/aromatic N) is 1. The van der Waals surface area contributed by atoms with E-state index in [0.717, 1.165) is 44.0 Å². The van der Waals surface area contributed by atoms with E-state index in [1.54, 1.807) is 0 Å². The van der Waals surface area contributed by atoms with Crippen LogP contribution in [0, 0.1) is 5.92 Å². The average Bonchev–Trinajstić information content (AvgIpc) is 3.36. The van der Waals surface area contributed by atoms with Crippen LogP contribution in [-0.4, -0.2) is 36.5 Å². The van der Waals surface area contributed by atoms with Gasteiger partial charge in [0, 0.05) is 24.2 Å². The predicted octanol–water partition coefficient (Wildman–Crippen LogP) is 3.43. The van der Waals surface area contributed by atoms with Gasteiger partial charge in [0.2, 0.25) is 5.91 Å². The van der Waals surface area contributed by atoms with E-state index >= 15 is 0 Å². The Morgan fingerprint density at radius 2 is 2.05 bits per heavy atom. The molecular formula is C18H25ClN2O. The second-order valence-electron chi connectivity index (χ2n) is 6.73. The van der Waals surface area contributed by atoms with Gasteiger partial charge in [0.25, 0.3) is 0 Å². The molecule has 0 bridgehead atoms. The maximum atomic E-state index is 12.7. The van der Waals surface area contributed by atoms with Crippen LogP contribution in [0.15, 0.2) is 24.3 Å². The van der Waals surface area contributed by atoms with Crippen molar-refractivity contribution in [2.45, 2.75) is 44.6 Å². The molecule has 1 aromatic rings. The molecule has 1 aromatic carbocycles. The number of halogens is 1. The van der Waals surface area contributed by atoms with Gasteiger partial charge < -0.3 is 10.2 Å². The Balaban J connectivity index is 1.50. The summed E-state index contributed by atoms with van der Waals surface area (Å²) in [7, 11) is 0. The zero-order chi connectivity index (χ0) is 15.5. The van der Waals surface area contributed by atoms with Gasteiger partial charge in [-0.15, -0.1) is 0 Å². The van der Waals surface area contributed by atoms with Crippen molar-refractivity contribution in [1.82, 2.24) is 10.2 Å². The molecule has 0 radical (unpaired) electrons. The molecule has 4 heteroatoms. The molecule has 1 aliphatic carbocycles. The van der Waals surface area contributed by atoms with Gasteiger partial charge in [0.15, 0.2) is 0 Å². The summed E-state index contributed by atoms with van der Waals surface area (Å²) in [5.74, 6) is 1.03. The van der Waals surface area contributed by atoms with E-state index in [1.807, 2.05) is 36.1 Å².